The molecule has 0 aromatic heterocycles. The van der Waals surface area contributed by atoms with Crippen molar-refractivity contribution < 1.29 is 13.2 Å². The second kappa shape index (κ2) is 5.78. The maximum Gasteiger partial charge on any atom is 0.227 e. The van der Waals surface area contributed by atoms with Crippen molar-refractivity contribution in [3.05, 3.63) is 27.3 Å². The maximum absolute atomic E-state index is 12.0. The number of nitrogens with zero attached hydrogens (tertiary/aromatic N) is 1. The number of aryl methyl sites for hydroxylation is 1. The predicted octanol–water partition coefficient (Wildman–Crippen LogP) is 2.01. The summed E-state index contributed by atoms with van der Waals surface area (Å²) in [5.74, 6) is 0.207. The highest BCUT2D eigenvalue weighted by Gasteiger charge is 2.23. The van der Waals surface area contributed by atoms with E-state index in [-0.39, 0.29) is 11.7 Å². The highest BCUT2D eigenvalue weighted by Crippen LogP contribution is 2.29. The summed E-state index contributed by atoms with van der Waals surface area (Å²) in [5, 5.41) is 0. The van der Waals surface area contributed by atoms with Gasteiger partial charge >= 0.3 is 0 Å². The normalized spacial score (nSPS) is 15.5. The van der Waals surface area contributed by atoms with Crippen molar-refractivity contribution >= 4 is 44.0 Å². The van der Waals surface area contributed by atoms with E-state index in [0.29, 0.717) is 19.4 Å². The molecule has 1 aromatic rings. The Labute approximate surface area is 127 Å². The van der Waals surface area contributed by atoms with Gasteiger partial charge in [0.15, 0.2) is 0 Å². The molecule has 1 heterocycles. The minimum atomic E-state index is -2.97. The number of fused-ring (bicyclic) bond motifs is 1. The molecule has 0 radical (unpaired) electrons. The number of carbonyl (C=O) groups is 1. The Morgan fingerprint density at radius 3 is 2.74 bits per heavy atom. The monoisotopic (exact) mass is 393 g/mol. The summed E-state index contributed by atoms with van der Waals surface area (Å²) in [6, 6.07) is 6.02. The van der Waals surface area contributed by atoms with Crippen molar-refractivity contribution in [2.24, 2.45) is 0 Å². The topological polar surface area (TPSA) is 54.5 Å². The SMILES string of the molecule is CS(=O)(=O)CCCN1C(=O)CCc2cc(I)ccc21. The number of amides is 1. The Bertz CT molecular complexity index is 598. The number of sulfone groups is 1. The average Bonchev–Trinajstić information content (AvgIpc) is 2.30. The summed E-state index contributed by atoms with van der Waals surface area (Å²) >= 11 is 2.25. The van der Waals surface area contributed by atoms with Crippen molar-refractivity contribution in [1.82, 2.24) is 0 Å². The van der Waals surface area contributed by atoms with Crippen LogP contribution in [0.3, 0.4) is 0 Å². The molecule has 0 bridgehead atoms. The molecular formula is C13H16INO3S. The number of rotatable bonds is 4. The van der Waals surface area contributed by atoms with Crippen LogP contribution in [0.25, 0.3) is 0 Å². The molecule has 0 saturated carbocycles. The van der Waals surface area contributed by atoms with Crippen LogP contribution in [0.4, 0.5) is 5.69 Å². The highest BCUT2D eigenvalue weighted by atomic mass is 127. The summed E-state index contributed by atoms with van der Waals surface area (Å²) in [5.41, 5.74) is 2.11. The highest BCUT2D eigenvalue weighted by molar-refractivity contribution is 14.1. The summed E-state index contributed by atoms with van der Waals surface area (Å²) in [7, 11) is -2.97. The van der Waals surface area contributed by atoms with Gasteiger partial charge in [0, 0.05) is 28.5 Å². The van der Waals surface area contributed by atoms with Crippen LogP contribution in [0.15, 0.2) is 18.2 Å². The van der Waals surface area contributed by atoms with Crippen molar-refractivity contribution in [1.29, 1.82) is 0 Å². The van der Waals surface area contributed by atoms with Crippen LogP contribution in [-0.2, 0) is 21.1 Å². The fourth-order valence-corrected chi connectivity index (χ4v) is 3.47. The Hall–Kier alpha value is -0.630. The molecule has 19 heavy (non-hydrogen) atoms. The maximum atomic E-state index is 12.0. The van der Waals surface area contributed by atoms with E-state index >= 15 is 0 Å². The number of anilines is 1. The van der Waals surface area contributed by atoms with Gasteiger partial charge in [0.05, 0.1) is 5.75 Å². The number of halogens is 1. The lowest BCUT2D eigenvalue weighted by Gasteiger charge is -2.29. The Morgan fingerprint density at radius 1 is 1.32 bits per heavy atom. The van der Waals surface area contributed by atoms with Crippen LogP contribution < -0.4 is 4.90 Å². The van der Waals surface area contributed by atoms with Crippen LogP contribution in [0, 0.1) is 3.57 Å². The van der Waals surface area contributed by atoms with E-state index in [2.05, 4.69) is 28.7 Å². The lowest BCUT2D eigenvalue weighted by Crippen LogP contribution is -2.36. The molecule has 4 nitrogen and oxygen atoms in total. The van der Waals surface area contributed by atoms with Gasteiger partial charge in [0.2, 0.25) is 5.91 Å². The standard InChI is InChI=1S/C13H16INO3S/c1-19(17,18)8-2-7-15-12-5-4-11(14)9-10(12)3-6-13(15)16/h4-5,9H,2-3,6-8H2,1H3. The van der Waals surface area contributed by atoms with E-state index in [0.717, 1.165) is 15.7 Å². The molecule has 0 unspecified atom stereocenters. The molecule has 104 valence electrons. The average molecular weight is 393 g/mol. The quantitative estimate of drug-likeness (QED) is 0.736. The minimum Gasteiger partial charge on any atom is -0.312 e. The molecule has 1 amide bonds. The summed E-state index contributed by atoms with van der Waals surface area (Å²) in [6.07, 6.45) is 2.98. The van der Waals surface area contributed by atoms with Gasteiger partial charge in [-0.25, -0.2) is 8.42 Å². The molecule has 6 heteroatoms. The molecule has 0 spiro atoms. The number of benzene rings is 1. The van der Waals surface area contributed by atoms with E-state index < -0.39 is 9.84 Å². The first kappa shape index (κ1) is 14.8. The van der Waals surface area contributed by atoms with Gasteiger partial charge in [-0.2, -0.15) is 0 Å². The molecule has 0 aliphatic carbocycles. The van der Waals surface area contributed by atoms with Gasteiger partial charge < -0.3 is 4.90 Å². The van der Waals surface area contributed by atoms with Crippen LogP contribution >= 0.6 is 22.6 Å². The molecule has 1 aromatic carbocycles. The zero-order valence-corrected chi connectivity index (χ0v) is 13.7. The Kier molecular flexibility index (Phi) is 4.50. The molecular weight excluding hydrogens is 377 g/mol. The van der Waals surface area contributed by atoms with Gasteiger partial charge in [0.25, 0.3) is 0 Å². The van der Waals surface area contributed by atoms with Crippen molar-refractivity contribution in [2.75, 3.05) is 23.5 Å². The number of carbonyl (C=O) groups excluding carboxylic acids is 1. The zero-order valence-electron chi connectivity index (χ0n) is 10.7. The molecule has 0 N–H and O–H groups in total. The molecule has 0 fully saturated rings. The third kappa shape index (κ3) is 3.92. The third-order valence-corrected chi connectivity index (χ3v) is 4.84. The Morgan fingerprint density at radius 2 is 2.05 bits per heavy atom. The second-order valence-corrected chi connectivity index (χ2v) is 8.31. The van der Waals surface area contributed by atoms with Gasteiger partial charge in [-0.05, 0) is 59.2 Å². The fourth-order valence-electron chi connectivity index (χ4n) is 2.26. The summed E-state index contributed by atoms with van der Waals surface area (Å²) < 4.78 is 23.4. The first-order valence-corrected chi connectivity index (χ1v) is 9.27. The van der Waals surface area contributed by atoms with Gasteiger partial charge in [0.1, 0.15) is 9.84 Å². The zero-order chi connectivity index (χ0) is 14.0. The molecule has 1 aliphatic heterocycles. The van der Waals surface area contributed by atoms with Crippen LogP contribution in [-0.4, -0.2) is 32.9 Å². The summed E-state index contributed by atoms with van der Waals surface area (Å²) in [6.45, 7) is 0.472. The summed E-state index contributed by atoms with van der Waals surface area (Å²) in [4.78, 5) is 13.7. The predicted molar refractivity (Wildman–Crippen MR) is 84.2 cm³/mol. The van der Waals surface area contributed by atoms with Gasteiger partial charge in [-0.1, -0.05) is 0 Å². The van der Waals surface area contributed by atoms with Crippen molar-refractivity contribution in [3.8, 4) is 0 Å². The van der Waals surface area contributed by atoms with Crippen molar-refractivity contribution in [2.45, 2.75) is 19.3 Å². The van der Waals surface area contributed by atoms with E-state index in [1.807, 2.05) is 12.1 Å². The number of hydrogen-bond acceptors (Lipinski definition) is 3. The third-order valence-electron chi connectivity index (χ3n) is 3.14. The lowest BCUT2D eigenvalue weighted by molar-refractivity contribution is -0.118. The van der Waals surface area contributed by atoms with Crippen LogP contribution in [0.1, 0.15) is 18.4 Å². The van der Waals surface area contributed by atoms with Crippen LogP contribution in [0.2, 0.25) is 0 Å². The smallest absolute Gasteiger partial charge is 0.227 e. The van der Waals surface area contributed by atoms with Crippen LogP contribution in [0.5, 0.6) is 0 Å². The molecule has 0 saturated heterocycles. The molecule has 0 atom stereocenters. The van der Waals surface area contributed by atoms with Gasteiger partial charge in [-0.15, -0.1) is 0 Å². The van der Waals surface area contributed by atoms with Gasteiger partial charge in [-0.3, -0.25) is 4.79 Å². The van der Waals surface area contributed by atoms with E-state index in [1.165, 1.54) is 11.8 Å². The van der Waals surface area contributed by atoms with E-state index in [4.69, 9.17) is 0 Å². The van der Waals surface area contributed by atoms with E-state index in [9.17, 15) is 13.2 Å². The first-order chi connectivity index (χ1) is 8.87. The minimum absolute atomic E-state index is 0.0854. The molecule has 1 aliphatic rings. The second-order valence-electron chi connectivity index (χ2n) is 4.80. The first-order valence-electron chi connectivity index (χ1n) is 6.13. The molecule has 2 rings (SSSR count). The number of hydrogen-bond donors (Lipinski definition) is 0. The largest absolute Gasteiger partial charge is 0.312 e. The fraction of sp³-hybridized carbons (Fsp3) is 0.462. The lowest BCUT2D eigenvalue weighted by atomic mass is 10.0. The Balaban J connectivity index is 2.14. The van der Waals surface area contributed by atoms with E-state index in [1.54, 1.807) is 4.90 Å². The van der Waals surface area contributed by atoms with Crippen molar-refractivity contribution in [3.63, 3.8) is 0 Å².